The Morgan fingerprint density at radius 2 is 1.93 bits per heavy atom. The monoisotopic (exact) mass is 258 g/mol. The minimum atomic E-state index is 0.897. The predicted molar refractivity (Wildman–Crippen MR) is 75.0 cm³/mol. The van der Waals surface area contributed by atoms with E-state index in [1.807, 2.05) is 12.1 Å². The largest absolute Gasteiger partial charge is 0.497 e. The Morgan fingerprint density at radius 3 is 2.47 bits per heavy atom. The van der Waals surface area contributed by atoms with Crippen LogP contribution in [0.15, 0.2) is 24.3 Å². The topological polar surface area (TPSA) is 9.23 Å². The fourth-order valence-corrected chi connectivity index (χ4v) is 3.13. The summed E-state index contributed by atoms with van der Waals surface area (Å²) in [6, 6.07) is 8.11. The van der Waals surface area contributed by atoms with Crippen molar-refractivity contribution in [1.29, 1.82) is 0 Å². The molecular weight excluding hydrogens is 244 g/mol. The molecule has 0 saturated carbocycles. The van der Waals surface area contributed by atoms with Gasteiger partial charge in [-0.2, -0.15) is 0 Å². The van der Waals surface area contributed by atoms with Crippen LogP contribution < -0.4 is 4.74 Å². The van der Waals surface area contributed by atoms with E-state index in [4.69, 9.17) is 17.0 Å². The van der Waals surface area contributed by atoms with Gasteiger partial charge in [-0.15, -0.1) is 23.5 Å². The Balaban J connectivity index is 2.40. The molecule has 15 heavy (non-hydrogen) atoms. The molecule has 1 nitrogen and oxygen atoms in total. The molecule has 4 heteroatoms. The number of ether oxygens (including phenoxy) is 1. The highest BCUT2D eigenvalue weighted by molar-refractivity contribution is 8.46. The van der Waals surface area contributed by atoms with Crippen molar-refractivity contribution in [2.45, 2.75) is 12.7 Å². The molecule has 0 saturated heterocycles. The Kier molecular flexibility index (Phi) is 6.13. The highest BCUT2D eigenvalue weighted by Crippen LogP contribution is 2.22. The van der Waals surface area contributed by atoms with Gasteiger partial charge in [0.2, 0.25) is 0 Å². The summed E-state index contributed by atoms with van der Waals surface area (Å²) < 4.78 is 6.12. The van der Waals surface area contributed by atoms with E-state index in [0.29, 0.717) is 0 Å². The van der Waals surface area contributed by atoms with E-state index >= 15 is 0 Å². The number of benzene rings is 1. The summed E-state index contributed by atoms with van der Waals surface area (Å²) in [6.45, 7) is 2.12. The van der Waals surface area contributed by atoms with Gasteiger partial charge in [-0.25, -0.2) is 0 Å². The number of rotatable bonds is 4. The average molecular weight is 258 g/mol. The number of hydrogen-bond donors (Lipinski definition) is 0. The van der Waals surface area contributed by atoms with Crippen LogP contribution in [0.25, 0.3) is 0 Å². The first-order chi connectivity index (χ1) is 7.26. The summed E-state index contributed by atoms with van der Waals surface area (Å²) in [7, 11) is 1.68. The van der Waals surface area contributed by atoms with Crippen LogP contribution >= 0.6 is 35.7 Å². The maximum Gasteiger partial charge on any atom is 0.118 e. The molecule has 0 N–H and O–H groups in total. The second-order valence-corrected chi connectivity index (χ2v) is 6.26. The lowest BCUT2D eigenvalue weighted by molar-refractivity contribution is 0.414. The third-order valence-electron chi connectivity index (χ3n) is 1.78. The zero-order valence-electron chi connectivity index (χ0n) is 8.86. The molecule has 1 aromatic carbocycles. The third-order valence-corrected chi connectivity index (χ3v) is 4.43. The normalized spacial score (nSPS) is 10.0. The lowest BCUT2D eigenvalue weighted by Crippen LogP contribution is -1.87. The van der Waals surface area contributed by atoms with E-state index in [0.717, 1.165) is 20.8 Å². The van der Waals surface area contributed by atoms with Gasteiger partial charge in [-0.05, 0) is 23.4 Å². The zero-order chi connectivity index (χ0) is 11.1. The van der Waals surface area contributed by atoms with Crippen molar-refractivity contribution >= 4 is 39.3 Å². The van der Waals surface area contributed by atoms with Crippen molar-refractivity contribution in [3.8, 4) is 5.75 Å². The fourth-order valence-electron chi connectivity index (χ4n) is 1.02. The molecule has 0 fully saturated rings. The summed E-state index contributed by atoms with van der Waals surface area (Å²) >= 11 is 8.65. The molecule has 0 heterocycles. The minimum Gasteiger partial charge on any atom is -0.497 e. The Labute approximate surface area is 105 Å². The van der Waals surface area contributed by atoms with Gasteiger partial charge >= 0.3 is 0 Å². The highest BCUT2D eigenvalue weighted by Gasteiger charge is 1.99. The van der Waals surface area contributed by atoms with Gasteiger partial charge in [0.1, 0.15) is 9.28 Å². The van der Waals surface area contributed by atoms with E-state index in [1.54, 1.807) is 30.6 Å². The molecule has 0 unspecified atom stereocenters. The van der Waals surface area contributed by atoms with Crippen molar-refractivity contribution in [2.24, 2.45) is 0 Å². The number of thiocarbonyl (C=S) groups is 1. The van der Waals surface area contributed by atoms with Crippen LogP contribution in [0.5, 0.6) is 5.75 Å². The molecule has 0 atom stereocenters. The summed E-state index contributed by atoms with van der Waals surface area (Å²) in [6.07, 6.45) is 0. The van der Waals surface area contributed by atoms with Crippen LogP contribution in [0.2, 0.25) is 0 Å². The van der Waals surface area contributed by atoms with Crippen molar-refractivity contribution in [3.63, 3.8) is 0 Å². The second-order valence-electron chi connectivity index (χ2n) is 2.82. The quantitative estimate of drug-likeness (QED) is 0.755. The molecule has 0 aromatic heterocycles. The van der Waals surface area contributed by atoms with Crippen molar-refractivity contribution < 1.29 is 4.74 Å². The van der Waals surface area contributed by atoms with E-state index in [1.165, 1.54) is 5.56 Å². The van der Waals surface area contributed by atoms with Gasteiger partial charge in [0, 0.05) is 5.75 Å². The molecule has 1 rings (SSSR count). The van der Waals surface area contributed by atoms with E-state index in [-0.39, 0.29) is 0 Å². The Bertz CT molecular complexity index is 308. The molecule has 1 aromatic rings. The smallest absolute Gasteiger partial charge is 0.118 e. The standard InChI is InChI=1S/C11H14OS3/c1-3-14-11(13)15-8-9-4-6-10(12-2)7-5-9/h4-7H,3,8H2,1-2H3. The van der Waals surface area contributed by atoms with Gasteiger partial charge in [-0.1, -0.05) is 31.3 Å². The molecule has 82 valence electrons. The fraction of sp³-hybridized carbons (Fsp3) is 0.364. The van der Waals surface area contributed by atoms with Gasteiger partial charge < -0.3 is 4.74 Å². The van der Waals surface area contributed by atoms with Crippen LogP contribution in [-0.4, -0.2) is 16.4 Å². The second kappa shape index (κ2) is 7.14. The molecule has 0 amide bonds. The molecule has 0 bridgehead atoms. The Hall–Kier alpha value is -0.190. The number of hydrogen-bond acceptors (Lipinski definition) is 4. The highest BCUT2D eigenvalue weighted by atomic mass is 32.2. The third kappa shape index (κ3) is 4.91. The molecule has 0 aliphatic carbocycles. The molecular formula is C11H14OS3. The Morgan fingerprint density at radius 1 is 1.27 bits per heavy atom. The maximum atomic E-state index is 5.20. The van der Waals surface area contributed by atoms with Crippen molar-refractivity contribution in [1.82, 2.24) is 0 Å². The summed E-state index contributed by atoms with van der Waals surface area (Å²) in [5.74, 6) is 2.89. The lowest BCUT2D eigenvalue weighted by Gasteiger charge is -2.03. The van der Waals surface area contributed by atoms with Gasteiger partial charge in [0.15, 0.2) is 0 Å². The summed E-state index contributed by atoms with van der Waals surface area (Å²) in [5.41, 5.74) is 1.28. The molecule has 0 aliphatic heterocycles. The first-order valence-electron chi connectivity index (χ1n) is 4.68. The van der Waals surface area contributed by atoms with E-state index < -0.39 is 0 Å². The molecule has 0 aliphatic rings. The van der Waals surface area contributed by atoms with Crippen LogP contribution in [0, 0.1) is 0 Å². The zero-order valence-corrected chi connectivity index (χ0v) is 11.3. The predicted octanol–water partition coefficient (Wildman–Crippen LogP) is 3.97. The van der Waals surface area contributed by atoms with Crippen molar-refractivity contribution in [2.75, 3.05) is 12.9 Å². The molecule has 0 spiro atoms. The van der Waals surface area contributed by atoms with E-state index in [2.05, 4.69) is 19.1 Å². The SMILES string of the molecule is CCSC(=S)SCc1ccc(OC)cc1. The lowest BCUT2D eigenvalue weighted by atomic mass is 10.2. The van der Waals surface area contributed by atoms with Gasteiger partial charge in [-0.3, -0.25) is 0 Å². The minimum absolute atomic E-state index is 0.897. The van der Waals surface area contributed by atoms with Gasteiger partial charge in [0.25, 0.3) is 0 Å². The average Bonchev–Trinajstić information content (AvgIpc) is 2.27. The van der Waals surface area contributed by atoms with Crippen molar-refractivity contribution in [3.05, 3.63) is 29.8 Å². The summed E-state index contributed by atoms with van der Waals surface area (Å²) in [4.78, 5) is 0. The first-order valence-corrected chi connectivity index (χ1v) is 7.06. The van der Waals surface area contributed by atoms with Crippen LogP contribution in [0.3, 0.4) is 0 Å². The summed E-state index contributed by atoms with van der Waals surface area (Å²) in [5, 5.41) is 0. The van der Waals surface area contributed by atoms with Crippen LogP contribution in [0.1, 0.15) is 12.5 Å². The molecule has 0 radical (unpaired) electrons. The number of methoxy groups -OCH3 is 1. The van der Waals surface area contributed by atoms with Gasteiger partial charge in [0.05, 0.1) is 7.11 Å². The van der Waals surface area contributed by atoms with Crippen LogP contribution in [-0.2, 0) is 5.75 Å². The van der Waals surface area contributed by atoms with Crippen LogP contribution in [0.4, 0.5) is 0 Å². The maximum absolute atomic E-state index is 5.20. The van der Waals surface area contributed by atoms with E-state index in [9.17, 15) is 0 Å². The number of thioether (sulfide) groups is 2. The first kappa shape index (κ1) is 12.9.